The van der Waals surface area contributed by atoms with Crippen LogP contribution in [0.25, 0.3) is 0 Å². The summed E-state index contributed by atoms with van der Waals surface area (Å²) in [5, 5.41) is -0.161. The van der Waals surface area contributed by atoms with Crippen molar-refractivity contribution in [2.24, 2.45) is 0 Å². The van der Waals surface area contributed by atoms with Gasteiger partial charge in [-0.15, -0.1) is 0 Å². The first-order valence-corrected chi connectivity index (χ1v) is 4.49. The molecule has 2 nitrogen and oxygen atoms in total. The minimum Gasteiger partial charge on any atom is -0.396 e. The zero-order valence-corrected chi connectivity index (χ0v) is 9.04. The van der Waals surface area contributed by atoms with Gasteiger partial charge in [-0.3, -0.25) is 0 Å². The van der Waals surface area contributed by atoms with Crippen molar-refractivity contribution in [3.63, 3.8) is 0 Å². The van der Waals surface area contributed by atoms with E-state index in [9.17, 15) is 4.39 Å². The Morgan fingerprint density at radius 1 is 1.31 bits per heavy atom. The summed E-state index contributed by atoms with van der Waals surface area (Å²) >= 11 is 5.43. The average molecular weight is 205 g/mol. The molecule has 0 atom stereocenters. The molecular weight excluding hydrogens is 191 g/mol. The van der Waals surface area contributed by atoms with Gasteiger partial charge in [0, 0.05) is 5.69 Å². The highest BCUT2D eigenvalue weighted by molar-refractivity contribution is 6.29. The Labute approximate surface area is 82.9 Å². The molecule has 1 heterocycles. The van der Waals surface area contributed by atoms with Gasteiger partial charge in [0.15, 0.2) is 11.0 Å². The van der Waals surface area contributed by atoms with Crippen LogP contribution in [0.2, 0.25) is 5.15 Å². The highest BCUT2D eigenvalue weighted by atomic mass is 35.5. The Kier molecular flexibility index (Phi) is 4.70. The molecule has 1 aromatic heterocycles. The molecule has 0 fully saturated rings. The standard InChI is InChI=1S/C7H8ClFN2.C2H6/c1-3-4(2)11-7(8)5(9)6(3)10;1-2/h1-2H3,(H2,10,11);1-2H3. The summed E-state index contributed by atoms with van der Waals surface area (Å²) in [6, 6.07) is 0. The number of hydrogen-bond donors (Lipinski definition) is 1. The fourth-order valence-corrected chi connectivity index (χ4v) is 0.979. The largest absolute Gasteiger partial charge is 0.396 e. The van der Waals surface area contributed by atoms with Gasteiger partial charge in [-0.2, -0.15) is 0 Å². The van der Waals surface area contributed by atoms with E-state index in [2.05, 4.69) is 4.98 Å². The maximum absolute atomic E-state index is 12.9. The predicted molar refractivity (Wildman–Crippen MR) is 54.4 cm³/mol. The third-order valence-electron chi connectivity index (χ3n) is 1.63. The molecule has 0 unspecified atom stereocenters. The van der Waals surface area contributed by atoms with Crippen LogP contribution in [-0.4, -0.2) is 4.98 Å². The Balaban J connectivity index is 0.000000671. The molecule has 0 aliphatic heterocycles. The van der Waals surface area contributed by atoms with Gasteiger partial charge in [-0.05, 0) is 19.4 Å². The molecule has 0 bridgehead atoms. The molecule has 0 amide bonds. The van der Waals surface area contributed by atoms with Crippen molar-refractivity contribution in [2.45, 2.75) is 27.7 Å². The Bertz CT molecular complexity index is 274. The fraction of sp³-hybridized carbons (Fsp3) is 0.444. The van der Waals surface area contributed by atoms with E-state index >= 15 is 0 Å². The lowest BCUT2D eigenvalue weighted by molar-refractivity contribution is 0.624. The molecule has 0 radical (unpaired) electrons. The van der Waals surface area contributed by atoms with E-state index in [0.717, 1.165) is 0 Å². The van der Waals surface area contributed by atoms with Crippen molar-refractivity contribution >= 4 is 17.3 Å². The normalized spacial score (nSPS) is 9.08. The molecule has 0 aromatic carbocycles. The first-order valence-electron chi connectivity index (χ1n) is 4.11. The molecule has 0 aliphatic carbocycles. The maximum Gasteiger partial charge on any atom is 0.183 e. The Morgan fingerprint density at radius 2 is 1.77 bits per heavy atom. The highest BCUT2D eigenvalue weighted by Gasteiger charge is 2.10. The van der Waals surface area contributed by atoms with E-state index in [1.54, 1.807) is 13.8 Å². The first kappa shape index (κ1) is 12.2. The lowest BCUT2D eigenvalue weighted by Crippen LogP contribution is -2.00. The molecule has 2 N–H and O–H groups in total. The third-order valence-corrected chi connectivity index (χ3v) is 1.88. The van der Waals surface area contributed by atoms with Crippen molar-refractivity contribution in [1.82, 2.24) is 4.98 Å². The van der Waals surface area contributed by atoms with Crippen LogP contribution in [-0.2, 0) is 0 Å². The number of aromatic nitrogens is 1. The number of nitrogens with two attached hydrogens (primary N) is 1. The van der Waals surface area contributed by atoms with Crippen LogP contribution in [0.15, 0.2) is 0 Å². The summed E-state index contributed by atoms with van der Waals surface area (Å²) in [5.74, 6) is -0.630. The van der Waals surface area contributed by atoms with Gasteiger partial charge < -0.3 is 5.73 Å². The second kappa shape index (κ2) is 5.02. The molecule has 0 saturated carbocycles. The molecule has 4 heteroatoms. The van der Waals surface area contributed by atoms with Crippen LogP contribution < -0.4 is 5.73 Å². The molecule has 0 saturated heterocycles. The number of pyridine rings is 1. The van der Waals surface area contributed by atoms with E-state index in [1.807, 2.05) is 13.8 Å². The summed E-state index contributed by atoms with van der Waals surface area (Å²) in [6.45, 7) is 7.44. The highest BCUT2D eigenvalue weighted by Crippen LogP contribution is 2.23. The number of anilines is 1. The van der Waals surface area contributed by atoms with Gasteiger partial charge in [0.1, 0.15) is 0 Å². The van der Waals surface area contributed by atoms with E-state index in [4.69, 9.17) is 17.3 Å². The van der Waals surface area contributed by atoms with Crippen LogP contribution >= 0.6 is 11.6 Å². The number of halogens is 2. The molecule has 0 aliphatic rings. The average Bonchev–Trinajstić information content (AvgIpc) is 2.15. The van der Waals surface area contributed by atoms with Gasteiger partial charge in [0.25, 0.3) is 0 Å². The quantitative estimate of drug-likeness (QED) is 0.660. The summed E-state index contributed by atoms with van der Waals surface area (Å²) in [6.07, 6.45) is 0. The Morgan fingerprint density at radius 3 is 2.23 bits per heavy atom. The Hall–Kier alpha value is -0.830. The van der Waals surface area contributed by atoms with Crippen molar-refractivity contribution in [1.29, 1.82) is 0 Å². The zero-order chi connectivity index (χ0) is 10.6. The number of nitrogen functional groups attached to an aromatic ring is 1. The second-order valence-corrected chi connectivity index (χ2v) is 2.70. The van der Waals surface area contributed by atoms with Gasteiger partial charge in [-0.1, -0.05) is 25.4 Å². The zero-order valence-electron chi connectivity index (χ0n) is 8.28. The lowest BCUT2D eigenvalue weighted by Gasteiger charge is -2.04. The number of aryl methyl sites for hydroxylation is 1. The fourth-order valence-electron chi connectivity index (χ4n) is 0.751. The second-order valence-electron chi connectivity index (χ2n) is 2.34. The van der Waals surface area contributed by atoms with Gasteiger partial charge >= 0.3 is 0 Å². The van der Waals surface area contributed by atoms with Gasteiger partial charge in [0.2, 0.25) is 0 Å². The van der Waals surface area contributed by atoms with Crippen molar-refractivity contribution in [3.05, 3.63) is 22.2 Å². The molecule has 1 rings (SSSR count). The molecule has 1 aromatic rings. The monoisotopic (exact) mass is 204 g/mol. The summed E-state index contributed by atoms with van der Waals surface area (Å²) in [5.41, 5.74) is 6.78. The van der Waals surface area contributed by atoms with E-state index < -0.39 is 5.82 Å². The smallest absolute Gasteiger partial charge is 0.183 e. The number of hydrogen-bond acceptors (Lipinski definition) is 2. The van der Waals surface area contributed by atoms with Crippen LogP contribution in [0, 0.1) is 19.7 Å². The molecule has 74 valence electrons. The van der Waals surface area contributed by atoms with E-state index in [0.29, 0.717) is 11.3 Å². The molecular formula is C9H14ClFN2. The minimum atomic E-state index is -0.630. The van der Waals surface area contributed by atoms with E-state index in [-0.39, 0.29) is 10.8 Å². The van der Waals surface area contributed by atoms with Crippen LogP contribution in [0.4, 0.5) is 10.1 Å². The van der Waals surface area contributed by atoms with Gasteiger partial charge in [-0.25, -0.2) is 9.37 Å². The summed E-state index contributed by atoms with van der Waals surface area (Å²) in [7, 11) is 0. The summed E-state index contributed by atoms with van der Waals surface area (Å²) in [4.78, 5) is 3.74. The van der Waals surface area contributed by atoms with Crippen LogP contribution in [0.1, 0.15) is 25.1 Å². The SMILES string of the molecule is CC.Cc1nc(Cl)c(F)c(N)c1C. The summed E-state index contributed by atoms with van der Waals surface area (Å²) < 4.78 is 12.9. The molecule has 0 spiro atoms. The van der Waals surface area contributed by atoms with Crippen molar-refractivity contribution < 1.29 is 4.39 Å². The van der Waals surface area contributed by atoms with E-state index in [1.165, 1.54) is 0 Å². The predicted octanol–water partition coefficient (Wildman–Crippen LogP) is 3.10. The topological polar surface area (TPSA) is 38.9 Å². The van der Waals surface area contributed by atoms with Gasteiger partial charge in [0.05, 0.1) is 5.69 Å². The molecule has 13 heavy (non-hydrogen) atoms. The number of rotatable bonds is 0. The van der Waals surface area contributed by atoms with Crippen molar-refractivity contribution in [2.75, 3.05) is 5.73 Å². The van der Waals surface area contributed by atoms with Crippen LogP contribution in [0.3, 0.4) is 0 Å². The number of nitrogens with zero attached hydrogens (tertiary/aromatic N) is 1. The van der Waals surface area contributed by atoms with Crippen LogP contribution in [0.5, 0.6) is 0 Å². The first-order chi connectivity index (χ1) is 6.04. The minimum absolute atomic E-state index is 0.0856. The lowest BCUT2D eigenvalue weighted by atomic mass is 10.2. The van der Waals surface area contributed by atoms with Crippen molar-refractivity contribution in [3.8, 4) is 0 Å². The maximum atomic E-state index is 12.9. The third kappa shape index (κ3) is 2.56.